The molecule has 3 atom stereocenters. The van der Waals surface area contributed by atoms with Gasteiger partial charge in [0, 0.05) is 38.1 Å². The van der Waals surface area contributed by atoms with Gasteiger partial charge in [0.15, 0.2) is 0 Å². The number of ether oxygens (including phenoxy) is 1. The number of amides is 1. The van der Waals surface area contributed by atoms with E-state index in [-0.39, 0.29) is 12.0 Å². The topological polar surface area (TPSA) is 49.9 Å². The van der Waals surface area contributed by atoms with E-state index in [2.05, 4.69) is 21.5 Å². The second kappa shape index (κ2) is 5.95. The van der Waals surface area contributed by atoms with Crippen LogP contribution in [0.4, 0.5) is 0 Å². The molecule has 3 fully saturated rings. The Morgan fingerprint density at radius 2 is 2.00 bits per heavy atom. The maximum atomic E-state index is 12.6. The van der Waals surface area contributed by atoms with Crippen LogP contribution in [0.2, 0.25) is 0 Å². The molecule has 3 aliphatic rings. The lowest BCUT2D eigenvalue weighted by molar-refractivity contribution is -0.142. The third-order valence-corrected chi connectivity index (χ3v) is 5.24. The first-order valence-electron chi connectivity index (χ1n) is 8.19. The van der Waals surface area contributed by atoms with E-state index in [1.807, 2.05) is 0 Å². The molecule has 1 aliphatic heterocycles. The van der Waals surface area contributed by atoms with Crippen molar-refractivity contribution in [2.45, 2.75) is 38.6 Å². The zero-order valence-electron chi connectivity index (χ0n) is 13.1. The quantitative estimate of drug-likeness (QED) is 0.713. The normalized spacial score (nSPS) is 32.9. The summed E-state index contributed by atoms with van der Waals surface area (Å²) in [6.45, 7) is 5.39. The number of carbonyl (C=O) groups excluding carboxylic acids is 2. The smallest absolute Gasteiger partial charge is 0.306 e. The molecule has 0 N–H and O–H groups in total. The number of nitrogens with zero attached hydrogens (tertiary/aromatic N) is 2. The van der Waals surface area contributed by atoms with E-state index in [0.29, 0.717) is 24.2 Å². The number of methoxy groups -OCH3 is 1. The number of esters is 1. The summed E-state index contributed by atoms with van der Waals surface area (Å²) in [5.74, 6) is 2.10. The van der Waals surface area contributed by atoms with Gasteiger partial charge in [-0.15, -0.1) is 0 Å². The molecule has 118 valence electrons. The van der Waals surface area contributed by atoms with Crippen LogP contribution < -0.4 is 0 Å². The van der Waals surface area contributed by atoms with Crippen molar-refractivity contribution in [2.24, 2.45) is 17.8 Å². The number of hydrogen-bond acceptors (Lipinski definition) is 4. The van der Waals surface area contributed by atoms with E-state index < -0.39 is 0 Å². The van der Waals surface area contributed by atoms with E-state index in [0.717, 1.165) is 38.5 Å². The Bertz CT molecular complexity index is 422. The van der Waals surface area contributed by atoms with Crippen LogP contribution in [0.15, 0.2) is 0 Å². The zero-order valence-corrected chi connectivity index (χ0v) is 13.1. The van der Waals surface area contributed by atoms with E-state index in [4.69, 9.17) is 0 Å². The van der Waals surface area contributed by atoms with E-state index in [1.54, 1.807) is 0 Å². The van der Waals surface area contributed by atoms with Gasteiger partial charge in [-0.2, -0.15) is 0 Å². The molecule has 0 bridgehead atoms. The van der Waals surface area contributed by atoms with Crippen molar-refractivity contribution in [1.29, 1.82) is 0 Å². The van der Waals surface area contributed by atoms with Crippen molar-refractivity contribution >= 4 is 11.9 Å². The van der Waals surface area contributed by atoms with Crippen LogP contribution >= 0.6 is 0 Å². The Morgan fingerprint density at radius 3 is 2.62 bits per heavy atom. The third-order valence-electron chi connectivity index (χ3n) is 5.24. The molecule has 1 heterocycles. The van der Waals surface area contributed by atoms with Gasteiger partial charge < -0.3 is 9.64 Å². The molecule has 3 unspecified atom stereocenters. The van der Waals surface area contributed by atoms with Crippen LogP contribution in [0.3, 0.4) is 0 Å². The highest BCUT2D eigenvalue weighted by molar-refractivity contribution is 5.82. The number of hydrogen-bond donors (Lipinski definition) is 0. The maximum Gasteiger partial charge on any atom is 0.306 e. The van der Waals surface area contributed by atoms with Crippen molar-refractivity contribution in [3.8, 4) is 0 Å². The Kier molecular flexibility index (Phi) is 4.20. The monoisotopic (exact) mass is 294 g/mol. The highest BCUT2D eigenvalue weighted by atomic mass is 16.5. The first-order chi connectivity index (χ1) is 10.1. The summed E-state index contributed by atoms with van der Waals surface area (Å²) < 4.78 is 4.68. The summed E-state index contributed by atoms with van der Waals surface area (Å²) in [5, 5.41) is 0. The standard InChI is InChI=1S/C16H26N2O3/c1-11-10-17(6-5-15(19)21-2)7-8-18(11)16(20)14-9-13(14)12-3-4-12/h11-14H,3-10H2,1-2H3. The third kappa shape index (κ3) is 3.39. The van der Waals surface area contributed by atoms with Crippen LogP contribution in [0.5, 0.6) is 0 Å². The average molecular weight is 294 g/mol. The summed E-state index contributed by atoms with van der Waals surface area (Å²) in [6, 6.07) is 0.254. The Labute approximate surface area is 126 Å². The van der Waals surface area contributed by atoms with Crippen LogP contribution in [0, 0.1) is 17.8 Å². The van der Waals surface area contributed by atoms with Gasteiger partial charge in [-0.25, -0.2) is 0 Å². The molecule has 0 aromatic carbocycles. The van der Waals surface area contributed by atoms with Crippen molar-refractivity contribution in [3.63, 3.8) is 0 Å². The largest absolute Gasteiger partial charge is 0.469 e. The Morgan fingerprint density at radius 1 is 1.24 bits per heavy atom. The van der Waals surface area contributed by atoms with Gasteiger partial charge >= 0.3 is 5.97 Å². The van der Waals surface area contributed by atoms with Crippen LogP contribution in [-0.4, -0.2) is 61.0 Å². The van der Waals surface area contributed by atoms with Crippen LogP contribution in [-0.2, 0) is 14.3 Å². The fourth-order valence-electron chi connectivity index (χ4n) is 3.67. The predicted molar refractivity (Wildman–Crippen MR) is 78.6 cm³/mol. The highest BCUT2D eigenvalue weighted by Gasteiger charge is 2.52. The molecule has 5 heteroatoms. The Hall–Kier alpha value is -1.10. The van der Waals surface area contributed by atoms with E-state index >= 15 is 0 Å². The van der Waals surface area contributed by atoms with Crippen molar-refractivity contribution in [3.05, 3.63) is 0 Å². The predicted octanol–water partition coefficient (Wildman–Crippen LogP) is 1.13. The zero-order chi connectivity index (χ0) is 15.0. The van der Waals surface area contributed by atoms with Crippen molar-refractivity contribution < 1.29 is 14.3 Å². The second-order valence-corrected chi connectivity index (χ2v) is 6.85. The number of piperazine rings is 1. The molecule has 1 amide bonds. The van der Waals surface area contributed by atoms with Crippen molar-refractivity contribution in [1.82, 2.24) is 9.80 Å². The van der Waals surface area contributed by atoms with Crippen molar-refractivity contribution in [2.75, 3.05) is 33.3 Å². The SMILES string of the molecule is COC(=O)CCN1CCN(C(=O)C2CC2C2CC2)C(C)C1. The molecule has 2 aliphatic carbocycles. The summed E-state index contributed by atoms with van der Waals surface area (Å²) in [7, 11) is 1.42. The molecule has 0 aromatic heterocycles. The van der Waals surface area contributed by atoms with E-state index in [9.17, 15) is 9.59 Å². The molecular formula is C16H26N2O3. The lowest BCUT2D eigenvalue weighted by Crippen LogP contribution is -2.54. The van der Waals surface area contributed by atoms with Gasteiger partial charge in [0.05, 0.1) is 13.5 Å². The molecule has 0 aromatic rings. The van der Waals surface area contributed by atoms with Crippen LogP contribution in [0.25, 0.3) is 0 Å². The lowest BCUT2D eigenvalue weighted by Gasteiger charge is -2.40. The first kappa shape index (κ1) is 14.8. The fraction of sp³-hybridized carbons (Fsp3) is 0.875. The molecule has 0 spiro atoms. The van der Waals surface area contributed by atoms with Gasteiger partial charge in [-0.1, -0.05) is 0 Å². The minimum atomic E-state index is -0.161. The fourth-order valence-corrected chi connectivity index (χ4v) is 3.67. The minimum Gasteiger partial charge on any atom is -0.469 e. The molecular weight excluding hydrogens is 268 g/mol. The highest BCUT2D eigenvalue weighted by Crippen LogP contribution is 2.55. The molecule has 2 saturated carbocycles. The minimum absolute atomic E-state index is 0.161. The molecule has 5 nitrogen and oxygen atoms in total. The maximum absolute atomic E-state index is 12.6. The summed E-state index contributed by atoms with van der Waals surface area (Å²) in [5.41, 5.74) is 0. The Balaban J connectivity index is 1.44. The van der Waals surface area contributed by atoms with Gasteiger partial charge in [-0.3, -0.25) is 14.5 Å². The lowest BCUT2D eigenvalue weighted by atomic mass is 10.1. The van der Waals surface area contributed by atoms with Gasteiger partial charge in [0.1, 0.15) is 0 Å². The second-order valence-electron chi connectivity index (χ2n) is 6.85. The van der Waals surface area contributed by atoms with Gasteiger partial charge in [0.25, 0.3) is 0 Å². The molecule has 3 rings (SSSR count). The van der Waals surface area contributed by atoms with Gasteiger partial charge in [0.2, 0.25) is 5.91 Å². The van der Waals surface area contributed by atoms with Gasteiger partial charge in [-0.05, 0) is 38.0 Å². The summed E-state index contributed by atoms with van der Waals surface area (Å²) >= 11 is 0. The summed E-state index contributed by atoms with van der Waals surface area (Å²) in [6.07, 6.45) is 4.24. The van der Waals surface area contributed by atoms with E-state index in [1.165, 1.54) is 20.0 Å². The van der Waals surface area contributed by atoms with Crippen LogP contribution in [0.1, 0.15) is 32.6 Å². The summed E-state index contributed by atoms with van der Waals surface area (Å²) in [4.78, 5) is 28.1. The molecule has 1 saturated heterocycles. The molecule has 21 heavy (non-hydrogen) atoms. The number of rotatable bonds is 5. The first-order valence-corrected chi connectivity index (χ1v) is 8.19. The average Bonchev–Trinajstić information content (AvgIpc) is 3.35. The number of carbonyl (C=O) groups is 2. The molecule has 0 radical (unpaired) electrons.